The number of aromatic nitrogens is 3. The second kappa shape index (κ2) is 6.55. The van der Waals surface area contributed by atoms with Crippen LogP contribution in [0.1, 0.15) is 13.8 Å². The molecule has 0 aliphatic rings. The summed E-state index contributed by atoms with van der Waals surface area (Å²) < 4.78 is 27.6. The van der Waals surface area contributed by atoms with Gasteiger partial charge < -0.3 is 0 Å². The van der Waals surface area contributed by atoms with Crippen LogP contribution in [0.2, 0.25) is 5.02 Å². The number of sulfonamides is 1. The highest BCUT2D eigenvalue weighted by Crippen LogP contribution is 2.21. The Kier molecular flexibility index (Phi) is 4.97. The molecule has 0 spiro atoms. The molecule has 1 aromatic carbocycles. The van der Waals surface area contributed by atoms with Gasteiger partial charge >= 0.3 is 0 Å². The Morgan fingerprint density at radius 1 is 1.24 bits per heavy atom. The summed E-state index contributed by atoms with van der Waals surface area (Å²) in [5.74, 6) is 0.0771. The molecule has 0 bridgehead atoms. The monoisotopic (exact) mass is 328 g/mol. The maximum Gasteiger partial charge on any atom is 0.242 e. The van der Waals surface area contributed by atoms with Crippen molar-refractivity contribution in [3.05, 3.63) is 41.7 Å². The molecule has 0 radical (unpaired) electrons. The van der Waals surface area contributed by atoms with Crippen molar-refractivity contribution in [1.29, 1.82) is 0 Å². The van der Waals surface area contributed by atoms with Gasteiger partial charge in [-0.3, -0.25) is 0 Å². The van der Waals surface area contributed by atoms with Crippen LogP contribution < -0.4 is 4.72 Å². The Morgan fingerprint density at radius 3 is 2.43 bits per heavy atom. The summed E-state index contributed by atoms with van der Waals surface area (Å²) >= 11 is 5.97. The number of halogens is 1. The van der Waals surface area contributed by atoms with E-state index in [4.69, 9.17) is 11.6 Å². The van der Waals surface area contributed by atoms with E-state index in [0.29, 0.717) is 6.54 Å². The van der Waals surface area contributed by atoms with Crippen molar-refractivity contribution in [3.8, 4) is 0 Å². The number of hydrogen-bond acceptors (Lipinski definition) is 4. The molecular weight excluding hydrogens is 312 g/mol. The lowest BCUT2D eigenvalue weighted by Gasteiger charge is -2.22. The highest BCUT2D eigenvalue weighted by Gasteiger charge is 2.24. The van der Waals surface area contributed by atoms with E-state index in [1.807, 2.05) is 13.8 Å². The number of hydrogen-bond donors (Lipinski definition) is 1. The Morgan fingerprint density at radius 2 is 1.86 bits per heavy atom. The van der Waals surface area contributed by atoms with Gasteiger partial charge in [0, 0.05) is 6.04 Å². The predicted octanol–water partition coefficient (Wildman–Crippen LogP) is 1.93. The number of rotatable bonds is 6. The summed E-state index contributed by atoms with van der Waals surface area (Å²) in [5, 5.41) is 8.21. The van der Waals surface area contributed by atoms with Crippen LogP contribution in [0.15, 0.2) is 41.6 Å². The molecule has 2 aromatic rings. The standard InChI is InChI=1S/C13H17ClN4O2S/c1-10(2)12(9-18-15-7-8-16-18)17-21(19,20)13-6-4-3-5-11(13)14/h3-8,10,12,17H,9H2,1-2H3/t12-/m0/s1. The van der Waals surface area contributed by atoms with Crippen LogP contribution in [0.5, 0.6) is 0 Å². The first-order valence-electron chi connectivity index (χ1n) is 6.51. The largest absolute Gasteiger partial charge is 0.242 e. The second-order valence-corrected chi connectivity index (χ2v) is 7.08. The molecule has 1 heterocycles. The lowest BCUT2D eigenvalue weighted by Crippen LogP contribution is -2.42. The summed E-state index contributed by atoms with van der Waals surface area (Å²) in [6.07, 6.45) is 3.11. The molecule has 0 unspecified atom stereocenters. The van der Waals surface area contributed by atoms with Gasteiger partial charge in [-0.15, -0.1) is 0 Å². The number of nitrogens with one attached hydrogen (secondary N) is 1. The van der Waals surface area contributed by atoms with Gasteiger partial charge in [0.15, 0.2) is 0 Å². The maximum atomic E-state index is 12.5. The van der Waals surface area contributed by atoms with Gasteiger partial charge in [0.05, 0.1) is 24.0 Å². The zero-order valence-corrected chi connectivity index (χ0v) is 13.3. The van der Waals surface area contributed by atoms with Crippen molar-refractivity contribution in [1.82, 2.24) is 19.7 Å². The third kappa shape index (κ3) is 4.03. The fraction of sp³-hybridized carbons (Fsp3) is 0.385. The van der Waals surface area contributed by atoms with Gasteiger partial charge in [0.1, 0.15) is 4.90 Å². The maximum absolute atomic E-state index is 12.5. The first-order chi connectivity index (χ1) is 9.90. The van der Waals surface area contributed by atoms with Crippen LogP contribution in [0.4, 0.5) is 0 Å². The number of benzene rings is 1. The summed E-state index contributed by atoms with van der Waals surface area (Å²) in [7, 11) is -3.69. The molecule has 2 rings (SSSR count). The molecule has 0 saturated heterocycles. The van der Waals surface area contributed by atoms with Gasteiger partial charge in [-0.05, 0) is 18.1 Å². The van der Waals surface area contributed by atoms with Crippen LogP contribution in [-0.4, -0.2) is 29.5 Å². The van der Waals surface area contributed by atoms with Crippen molar-refractivity contribution in [2.75, 3.05) is 0 Å². The molecule has 0 aliphatic heterocycles. The normalized spacial score (nSPS) is 13.5. The molecule has 1 N–H and O–H groups in total. The van der Waals surface area contributed by atoms with Crippen molar-refractivity contribution in [3.63, 3.8) is 0 Å². The summed E-state index contributed by atoms with van der Waals surface area (Å²) in [6, 6.07) is 6.03. The molecule has 0 saturated carbocycles. The van der Waals surface area contributed by atoms with E-state index in [-0.39, 0.29) is 21.9 Å². The average Bonchev–Trinajstić information content (AvgIpc) is 2.91. The third-order valence-electron chi connectivity index (χ3n) is 3.06. The third-order valence-corrected chi connectivity index (χ3v) is 5.05. The van der Waals surface area contributed by atoms with E-state index in [2.05, 4.69) is 14.9 Å². The fourth-order valence-electron chi connectivity index (χ4n) is 1.82. The molecule has 0 aliphatic carbocycles. The fourth-order valence-corrected chi connectivity index (χ4v) is 3.72. The summed E-state index contributed by atoms with van der Waals surface area (Å²) in [5.41, 5.74) is 0. The molecule has 1 aromatic heterocycles. The van der Waals surface area contributed by atoms with Gasteiger partial charge in [0.25, 0.3) is 0 Å². The lowest BCUT2D eigenvalue weighted by molar-refractivity contribution is 0.361. The van der Waals surface area contributed by atoms with Crippen molar-refractivity contribution >= 4 is 21.6 Å². The molecule has 1 atom stereocenters. The topological polar surface area (TPSA) is 76.9 Å². The first kappa shape index (κ1) is 15.9. The molecule has 0 fully saturated rings. The van der Waals surface area contributed by atoms with Crippen molar-refractivity contribution in [2.45, 2.75) is 31.3 Å². The Bertz CT molecular complexity index is 686. The molecule has 21 heavy (non-hydrogen) atoms. The molecule has 8 heteroatoms. The van der Waals surface area contributed by atoms with Crippen molar-refractivity contribution < 1.29 is 8.42 Å². The number of nitrogens with zero attached hydrogens (tertiary/aromatic N) is 3. The predicted molar refractivity (Wildman–Crippen MR) is 80.4 cm³/mol. The van der Waals surface area contributed by atoms with Crippen LogP contribution in [0.25, 0.3) is 0 Å². The second-order valence-electron chi connectivity index (χ2n) is 4.99. The molecular formula is C13H17ClN4O2S. The van der Waals surface area contributed by atoms with E-state index >= 15 is 0 Å². The zero-order chi connectivity index (χ0) is 15.5. The van der Waals surface area contributed by atoms with E-state index < -0.39 is 10.0 Å². The van der Waals surface area contributed by atoms with Gasteiger partial charge in [-0.2, -0.15) is 15.0 Å². The quantitative estimate of drug-likeness (QED) is 0.879. The smallest absolute Gasteiger partial charge is 0.207 e. The van der Waals surface area contributed by atoms with Crippen LogP contribution in [0, 0.1) is 5.92 Å². The summed E-state index contributed by atoms with van der Waals surface area (Å²) in [6.45, 7) is 4.22. The van der Waals surface area contributed by atoms with Crippen LogP contribution in [-0.2, 0) is 16.6 Å². The summed E-state index contributed by atoms with van der Waals surface area (Å²) in [4.78, 5) is 1.53. The SMILES string of the molecule is CC(C)[C@H](Cn1nccn1)NS(=O)(=O)c1ccccc1Cl. The zero-order valence-electron chi connectivity index (χ0n) is 11.8. The Balaban J connectivity index is 2.22. The lowest BCUT2D eigenvalue weighted by atomic mass is 10.1. The Hall–Kier alpha value is -1.44. The van der Waals surface area contributed by atoms with E-state index in [9.17, 15) is 8.42 Å². The minimum Gasteiger partial charge on any atom is -0.207 e. The van der Waals surface area contributed by atoms with Gasteiger partial charge in [-0.1, -0.05) is 37.6 Å². The minimum atomic E-state index is -3.69. The first-order valence-corrected chi connectivity index (χ1v) is 8.37. The molecule has 114 valence electrons. The molecule has 0 amide bonds. The van der Waals surface area contributed by atoms with E-state index in [1.54, 1.807) is 30.6 Å². The average molecular weight is 329 g/mol. The van der Waals surface area contributed by atoms with Crippen LogP contribution in [0.3, 0.4) is 0 Å². The highest BCUT2D eigenvalue weighted by atomic mass is 35.5. The van der Waals surface area contributed by atoms with E-state index in [0.717, 1.165) is 0 Å². The minimum absolute atomic E-state index is 0.0748. The van der Waals surface area contributed by atoms with Gasteiger partial charge in [0.2, 0.25) is 10.0 Å². The highest BCUT2D eigenvalue weighted by molar-refractivity contribution is 7.89. The van der Waals surface area contributed by atoms with Crippen LogP contribution >= 0.6 is 11.6 Å². The molecule has 6 nitrogen and oxygen atoms in total. The van der Waals surface area contributed by atoms with Gasteiger partial charge in [-0.25, -0.2) is 13.1 Å². The van der Waals surface area contributed by atoms with E-state index in [1.165, 1.54) is 10.9 Å². The Labute approximate surface area is 129 Å². The van der Waals surface area contributed by atoms with Crippen molar-refractivity contribution in [2.24, 2.45) is 5.92 Å².